The molecule has 0 saturated carbocycles. The van der Waals surface area contributed by atoms with Crippen LogP contribution < -0.4 is 0 Å². The van der Waals surface area contributed by atoms with Crippen LogP contribution in [0.25, 0.3) is 0 Å². The fourth-order valence-corrected chi connectivity index (χ4v) is 0.613. The number of hydrogen-bond donors (Lipinski definition) is 0. The van der Waals surface area contributed by atoms with Gasteiger partial charge in [0.05, 0.1) is 0 Å². The largest absolute Gasteiger partial charge is 0.294 e. The van der Waals surface area contributed by atoms with E-state index in [1.807, 2.05) is 6.92 Å². The lowest BCUT2D eigenvalue weighted by Gasteiger charge is -1.97. The number of carbonyl (C=O) groups excluding carboxylic acids is 1. The Labute approximate surface area is 68.1 Å². The van der Waals surface area contributed by atoms with Crippen molar-refractivity contribution in [3.63, 3.8) is 0 Å². The smallest absolute Gasteiger partial charge is 0.166 e. The summed E-state index contributed by atoms with van der Waals surface area (Å²) in [5, 5.41) is 0. The fraction of sp³-hybridized carbons (Fsp3) is 0.400. The van der Waals surface area contributed by atoms with Crippen LogP contribution in [0.1, 0.15) is 26.7 Å². The van der Waals surface area contributed by atoms with Crippen molar-refractivity contribution in [3.05, 3.63) is 30.0 Å². The van der Waals surface area contributed by atoms with Crippen LogP contribution in [-0.2, 0) is 4.79 Å². The maximum Gasteiger partial charge on any atom is 0.166 e. The minimum Gasteiger partial charge on any atom is -0.294 e. The number of carbonyl (C=O) groups is 1. The first-order valence-electron chi connectivity index (χ1n) is 3.62. The van der Waals surface area contributed by atoms with Crippen molar-refractivity contribution in [2.45, 2.75) is 26.7 Å². The van der Waals surface area contributed by atoms with E-state index in [-0.39, 0.29) is 5.78 Å². The van der Waals surface area contributed by atoms with Gasteiger partial charge in [0.15, 0.2) is 5.78 Å². The van der Waals surface area contributed by atoms with Crippen molar-refractivity contribution < 1.29 is 4.79 Å². The highest BCUT2D eigenvalue weighted by molar-refractivity contribution is 5.94. The molecule has 0 aromatic rings. The predicted molar refractivity (Wildman–Crippen MR) is 47.4 cm³/mol. The lowest BCUT2D eigenvalue weighted by Crippen LogP contribution is -1.97. The van der Waals surface area contributed by atoms with E-state index in [0.717, 1.165) is 12.0 Å². The summed E-state index contributed by atoms with van der Waals surface area (Å²) in [6.45, 7) is 10.8. The summed E-state index contributed by atoms with van der Waals surface area (Å²) in [5.41, 5.74) is 4.23. The van der Waals surface area contributed by atoms with Gasteiger partial charge in [-0.3, -0.25) is 4.79 Å². The Balaban J connectivity index is 3.90. The highest BCUT2D eigenvalue weighted by Gasteiger charge is 2.02. The molecule has 1 heteroatoms. The summed E-state index contributed by atoms with van der Waals surface area (Å²) in [6.07, 6.45) is 1.29. The molecule has 60 valence electrons. The third kappa shape index (κ3) is 4.35. The minimum atomic E-state index is 0.114. The second-order valence-corrected chi connectivity index (χ2v) is 2.68. The van der Waals surface area contributed by atoms with Crippen LogP contribution >= 0.6 is 0 Å². The molecule has 0 amide bonds. The Bertz CT molecular complexity index is 217. The molecule has 0 aliphatic heterocycles. The Morgan fingerprint density at radius 1 is 1.36 bits per heavy atom. The Morgan fingerprint density at radius 3 is 2.27 bits per heavy atom. The van der Waals surface area contributed by atoms with Crippen LogP contribution in [-0.4, -0.2) is 5.78 Å². The first-order valence-corrected chi connectivity index (χ1v) is 3.62. The molecule has 1 nitrogen and oxygen atoms in total. The molecule has 0 fully saturated rings. The SMILES string of the molecule is C=C=C(C)C(=O)CCC(=C)C. The third-order valence-electron chi connectivity index (χ3n) is 1.46. The van der Waals surface area contributed by atoms with Gasteiger partial charge in [-0.15, -0.1) is 12.3 Å². The number of hydrogen-bond acceptors (Lipinski definition) is 1. The average Bonchev–Trinajstić information content (AvgIpc) is 1.98. The van der Waals surface area contributed by atoms with Crippen LogP contribution in [0, 0.1) is 0 Å². The zero-order valence-corrected chi connectivity index (χ0v) is 7.24. The zero-order valence-electron chi connectivity index (χ0n) is 7.24. The molecule has 11 heavy (non-hydrogen) atoms. The summed E-state index contributed by atoms with van der Waals surface area (Å²) in [7, 11) is 0. The van der Waals surface area contributed by atoms with E-state index in [1.54, 1.807) is 6.92 Å². The molecule has 0 saturated heterocycles. The summed E-state index contributed by atoms with van der Waals surface area (Å²) in [4.78, 5) is 11.1. The van der Waals surface area contributed by atoms with Crippen molar-refractivity contribution in [2.75, 3.05) is 0 Å². The van der Waals surface area contributed by atoms with Gasteiger partial charge in [-0.2, -0.15) is 0 Å². The quantitative estimate of drug-likeness (QED) is 0.342. The molecule has 0 aliphatic rings. The molecule has 0 N–H and O–H groups in total. The van der Waals surface area contributed by atoms with Gasteiger partial charge in [0.1, 0.15) is 0 Å². The summed E-state index contributed by atoms with van der Waals surface area (Å²) in [6, 6.07) is 0. The van der Waals surface area contributed by atoms with Crippen molar-refractivity contribution in [1.29, 1.82) is 0 Å². The number of allylic oxidation sites excluding steroid dienone is 2. The summed E-state index contributed by atoms with van der Waals surface area (Å²) >= 11 is 0. The van der Waals surface area contributed by atoms with E-state index in [2.05, 4.69) is 18.9 Å². The number of rotatable bonds is 4. The molecule has 0 spiro atoms. The summed E-state index contributed by atoms with van der Waals surface area (Å²) < 4.78 is 0. The standard InChI is InChI=1S/C10H14O/c1-5-9(4)10(11)7-6-8(2)3/h1-2,6-7H2,3-4H3. The lowest BCUT2D eigenvalue weighted by atomic mass is 10.1. The van der Waals surface area contributed by atoms with Gasteiger partial charge in [0.2, 0.25) is 0 Å². The molecule has 0 aliphatic carbocycles. The van der Waals surface area contributed by atoms with Gasteiger partial charge in [0, 0.05) is 12.0 Å². The molecule has 0 aromatic carbocycles. The molecule has 0 rings (SSSR count). The molecule has 0 heterocycles. The van der Waals surface area contributed by atoms with Crippen LogP contribution in [0.4, 0.5) is 0 Å². The van der Waals surface area contributed by atoms with E-state index in [0.29, 0.717) is 12.0 Å². The maximum atomic E-state index is 11.1. The van der Waals surface area contributed by atoms with Gasteiger partial charge in [0.25, 0.3) is 0 Å². The lowest BCUT2D eigenvalue weighted by molar-refractivity contribution is -0.115. The number of Topliss-reactive ketones (excluding diaryl/α,β-unsaturated/α-hetero) is 1. The zero-order chi connectivity index (χ0) is 8.85. The molecule has 0 unspecified atom stereocenters. The van der Waals surface area contributed by atoms with Gasteiger partial charge in [-0.05, 0) is 20.3 Å². The molecule has 0 aromatic heterocycles. The van der Waals surface area contributed by atoms with Crippen molar-refractivity contribution in [2.24, 2.45) is 0 Å². The van der Waals surface area contributed by atoms with E-state index >= 15 is 0 Å². The normalized spacial score (nSPS) is 8.55. The Morgan fingerprint density at radius 2 is 1.91 bits per heavy atom. The van der Waals surface area contributed by atoms with Gasteiger partial charge >= 0.3 is 0 Å². The van der Waals surface area contributed by atoms with E-state index in [1.165, 1.54) is 0 Å². The van der Waals surface area contributed by atoms with Crippen molar-refractivity contribution in [1.82, 2.24) is 0 Å². The number of ketones is 1. The Kier molecular flexibility index (Phi) is 4.24. The first-order chi connectivity index (χ1) is 5.07. The first kappa shape index (κ1) is 9.93. The highest BCUT2D eigenvalue weighted by atomic mass is 16.1. The fourth-order valence-electron chi connectivity index (χ4n) is 0.613. The predicted octanol–water partition coefficient (Wildman–Crippen LogP) is 2.64. The molecule has 0 bridgehead atoms. The molecular formula is C10H14O. The second kappa shape index (κ2) is 4.70. The van der Waals surface area contributed by atoms with E-state index < -0.39 is 0 Å². The molecule has 0 radical (unpaired) electrons. The van der Waals surface area contributed by atoms with Crippen LogP contribution in [0.3, 0.4) is 0 Å². The molecule has 0 atom stereocenters. The topological polar surface area (TPSA) is 17.1 Å². The molecular weight excluding hydrogens is 136 g/mol. The van der Waals surface area contributed by atoms with Gasteiger partial charge < -0.3 is 0 Å². The van der Waals surface area contributed by atoms with Crippen LogP contribution in [0.15, 0.2) is 30.0 Å². The van der Waals surface area contributed by atoms with E-state index in [9.17, 15) is 4.79 Å². The monoisotopic (exact) mass is 150 g/mol. The highest BCUT2D eigenvalue weighted by Crippen LogP contribution is 2.05. The third-order valence-corrected chi connectivity index (χ3v) is 1.46. The second-order valence-electron chi connectivity index (χ2n) is 2.68. The van der Waals surface area contributed by atoms with Crippen LogP contribution in [0.2, 0.25) is 0 Å². The maximum absolute atomic E-state index is 11.1. The van der Waals surface area contributed by atoms with Crippen LogP contribution in [0.5, 0.6) is 0 Å². The minimum absolute atomic E-state index is 0.114. The van der Waals surface area contributed by atoms with Crippen molar-refractivity contribution >= 4 is 5.78 Å². The summed E-state index contributed by atoms with van der Waals surface area (Å²) in [5.74, 6) is 0.114. The Hall–Kier alpha value is -1.07. The van der Waals surface area contributed by atoms with E-state index in [4.69, 9.17) is 0 Å². The average molecular weight is 150 g/mol. The van der Waals surface area contributed by atoms with Gasteiger partial charge in [-0.1, -0.05) is 12.2 Å². The van der Waals surface area contributed by atoms with Gasteiger partial charge in [-0.25, -0.2) is 0 Å². The van der Waals surface area contributed by atoms with Crippen molar-refractivity contribution in [3.8, 4) is 0 Å².